The molecule has 0 aliphatic carbocycles. The van der Waals surface area contributed by atoms with E-state index in [0.717, 1.165) is 38.1 Å². The van der Waals surface area contributed by atoms with E-state index < -0.39 is 0 Å². The first-order chi connectivity index (χ1) is 9.68. The second kappa shape index (κ2) is 5.52. The second-order valence-corrected chi connectivity index (χ2v) is 6.07. The summed E-state index contributed by atoms with van der Waals surface area (Å²) >= 11 is 0. The van der Waals surface area contributed by atoms with Gasteiger partial charge in [-0.2, -0.15) is 0 Å². The lowest BCUT2D eigenvalue weighted by Gasteiger charge is -2.35. The molecule has 2 aliphatic heterocycles. The van der Waals surface area contributed by atoms with Crippen molar-refractivity contribution in [2.45, 2.75) is 39.2 Å². The second-order valence-electron chi connectivity index (χ2n) is 6.07. The Hall–Kier alpha value is -1.42. The molecule has 3 rings (SSSR count). The van der Waals surface area contributed by atoms with Crippen LogP contribution in [0.4, 0.5) is 5.69 Å². The van der Waals surface area contributed by atoms with Crippen LogP contribution in [0.3, 0.4) is 0 Å². The molecule has 108 valence electrons. The van der Waals surface area contributed by atoms with Gasteiger partial charge in [-0.3, -0.25) is 9.78 Å². The Kier molecular flexibility index (Phi) is 3.74. The molecule has 0 spiro atoms. The summed E-state index contributed by atoms with van der Waals surface area (Å²) in [5.41, 5.74) is 2.22. The Labute approximate surface area is 120 Å². The molecule has 4 nitrogen and oxygen atoms in total. The maximum Gasteiger partial charge on any atom is 0.232 e. The van der Waals surface area contributed by atoms with Gasteiger partial charge < -0.3 is 9.64 Å². The number of nitrogens with zero attached hydrogens (tertiary/aromatic N) is 2. The van der Waals surface area contributed by atoms with E-state index in [4.69, 9.17) is 4.74 Å². The van der Waals surface area contributed by atoms with Crippen LogP contribution in [-0.4, -0.2) is 30.1 Å². The van der Waals surface area contributed by atoms with Crippen LogP contribution in [0, 0.1) is 11.8 Å². The smallest absolute Gasteiger partial charge is 0.232 e. The standard InChI is InChI=1S/C16H22N2O2/c1-11(2)15-13(4-3-9-20-15)16(19)18-8-6-12-10-17-7-5-14(12)18/h5,7,10-11,13,15H,3-4,6,8-9H2,1-2H3. The molecule has 1 saturated heterocycles. The van der Waals surface area contributed by atoms with Gasteiger partial charge in [0.05, 0.1) is 12.0 Å². The van der Waals surface area contributed by atoms with E-state index in [1.54, 1.807) is 6.20 Å². The molecule has 0 aromatic carbocycles. The molecule has 0 N–H and O–H groups in total. The molecule has 1 aromatic rings. The number of aromatic nitrogens is 1. The molecular formula is C16H22N2O2. The van der Waals surface area contributed by atoms with E-state index in [0.29, 0.717) is 5.92 Å². The first-order valence-electron chi connectivity index (χ1n) is 7.54. The molecule has 1 amide bonds. The summed E-state index contributed by atoms with van der Waals surface area (Å²) in [5.74, 6) is 0.611. The summed E-state index contributed by atoms with van der Waals surface area (Å²) < 4.78 is 5.86. The lowest BCUT2D eigenvalue weighted by atomic mass is 9.86. The zero-order chi connectivity index (χ0) is 14.1. The third-order valence-corrected chi connectivity index (χ3v) is 4.38. The van der Waals surface area contributed by atoms with Crippen molar-refractivity contribution in [1.29, 1.82) is 0 Å². The SMILES string of the molecule is CC(C)C1OCCCC1C(=O)N1CCc2cnccc21. The molecule has 4 heteroatoms. The monoisotopic (exact) mass is 274 g/mol. The summed E-state index contributed by atoms with van der Waals surface area (Å²) in [7, 11) is 0. The van der Waals surface area contributed by atoms with E-state index >= 15 is 0 Å². The molecule has 0 radical (unpaired) electrons. The predicted octanol–water partition coefficient (Wildman–Crippen LogP) is 2.42. The lowest BCUT2D eigenvalue weighted by Crippen LogP contribution is -2.45. The van der Waals surface area contributed by atoms with Gasteiger partial charge in [0.25, 0.3) is 0 Å². The Balaban J connectivity index is 1.82. The van der Waals surface area contributed by atoms with E-state index in [2.05, 4.69) is 18.8 Å². The summed E-state index contributed by atoms with van der Waals surface area (Å²) in [6.45, 7) is 5.84. The van der Waals surface area contributed by atoms with Gasteiger partial charge in [-0.1, -0.05) is 13.8 Å². The Morgan fingerprint density at radius 1 is 1.50 bits per heavy atom. The van der Waals surface area contributed by atoms with Crippen LogP contribution in [0.1, 0.15) is 32.3 Å². The van der Waals surface area contributed by atoms with Crippen LogP contribution in [0.5, 0.6) is 0 Å². The summed E-state index contributed by atoms with van der Waals surface area (Å²) in [6.07, 6.45) is 6.54. The highest BCUT2D eigenvalue weighted by Gasteiger charge is 2.38. The minimum Gasteiger partial charge on any atom is -0.377 e. The van der Waals surface area contributed by atoms with Crippen LogP contribution in [0.2, 0.25) is 0 Å². The fourth-order valence-electron chi connectivity index (χ4n) is 3.38. The fraction of sp³-hybridized carbons (Fsp3) is 0.625. The van der Waals surface area contributed by atoms with Gasteiger partial charge in [0.1, 0.15) is 0 Å². The van der Waals surface area contributed by atoms with Crippen molar-refractivity contribution in [3.05, 3.63) is 24.0 Å². The Bertz CT molecular complexity index is 501. The maximum atomic E-state index is 12.9. The zero-order valence-electron chi connectivity index (χ0n) is 12.2. The van der Waals surface area contributed by atoms with Crippen molar-refractivity contribution >= 4 is 11.6 Å². The minimum absolute atomic E-state index is 0.00265. The number of hydrogen-bond acceptors (Lipinski definition) is 3. The highest BCUT2D eigenvalue weighted by Crippen LogP contribution is 2.33. The highest BCUT2D eigenvalue weighted by molar-refractivity contribution is 5.97. The topological polar surface area (TPSA) is 42.4 Å². The van der Waals surface area contributed by atoms with Gasteiger partial charge >= 0.3 is 0 Å². The number of fused-ring (bicyclic) bond motifs is 1. The van der Waals surface area contributed by atoms with Gasteiger partial charge in [0, 0.05) is 31.2 Å². The van der Waals surface area contributed by atoms with E-state index in [1.165, 1.54) is 5.56 Å². The molecule has 0 saturated carbocycles. The molecule has 2 unspecified atom stereocenters. The first kappa shape index (κ1) is 13.6. The van der Waals surface area contributed by atoms with Crippen molar-refractivity contribution < 1.29 is 9.53 Å². The normalized spacial score (nSPS) is 25.9. The van der Waals surface area contributed by atoms with Crippen LogP contribution >= 0.6 is 0 Å². The summed E-state index contributed by atoms with van der Waals surface area (Å²) in [6, 6.07) is 1.95. The van der Waals surface area contributed by atoms with E-state index in [9.17, 15) is 4.79 Å². The van der Waals surface area contributed by atoms with E-state index in [1.807, 2.05) is 17.2 Å². The number of carbonyl (C=O) groups is 1. The van der Waals surface area contributed by atoms with Gasteiger partial charge in [-0.05, 0) is 36.8 Å². The zero-order valence-corrected chi connectivity index (χ0v) is 12.2. The molecule has 2 atom stereocenters. The van der Waals surface area contributed by atoms with Gasteiger partial charge in [-0.15, -0.1) is 0 Å². The average Bonchev–Trinajstić information content (AvgIpc) is 2.90. The molecule has 3 heterocycles. The minimum atomic E-state index is 0.00265. The largest absolute Gasteiger partial charge is 0.377 e. The molecule has 2 aliphatic rings. The highest BCUT2D eigenvalue weighted by atomic mass is 16.5. The van der Waals surface area contributed by atoms with Gasteiger partial charge in [0.15, 0.2) is 0 Å². The van der Waals surface area contributed by atoms with Crippen LogP contribution < -0.4 is 4.90 Å². The molecule has 20 heavy (non-hydrogen) atoms. The summed E-state index contributed by atoms with van der Waals surface area (Å²) in [4.78, 5) is 19.0. The number of rotatable bonds is 2. The lowest BCUT2D eigenvalue weighted by molar-refractivity contribution is -0.134. The van der Waals surface area contributed by atoms with Crippen LogP contribution in [0.15, 0.2) is 18.5 Å². The van der Waals surface area contributed by atoms with E-state index in [-0.39, 0.29) is 17.9 Å². The Morgan fingerprint density at radius 3 is 3.15 bits per heavy atom. The van der Waals surface area contributed by atoms with Crippen molar-refractivity contribution in [2.75, 3.05) is 18.1 Å². The summed E-state index contributed by atoms with van der Waals surface area (Å²) in [5, 5.41) is 0. The Morgan fingerprint density at radius 2 is 2.35 bits per heavy atom. The number of anilines is 1. The predicted molar refractivity (Wildman–Crippen MR) is 77.6 cm³/mol. The molecule has 0 bridgehead atoms. The van der Waals surface area contributed by atoms with Crippen LogP contribution in [-0.2, 0) is 16.0 Å². The first-order valence-corrected chi connectivity index (χ1v) is 7.54. The number of hydrogen-bond donors (Lipinski definition) is 0. The van der Waals surface area contributed by atoms with Crippen LogP contribution in [0.25, 0.3) is 0 Å². The maximum absolute atomic E-state index is 12.9. The fourth-order valence-corrected chi connectivity index (χ4v) is 3.38. The average molecular weight is 274 g/mol. The van der Waals surface area contributed by atoms with Gasteiger partial charge in [0.2, 0.25) is 5.91 Å². The number of amides is 1. The molecular weight excluding hydrogens is 252 g/mol. The number of carbonyl (C=O) groups excluding carboxylic acids is 1. The number of ether oxygens (including phenoxy) is 1. The molecule has 1 fully saturated rings. The number of pyridine rings is 1. The van der Waals surface area contributed by atoms with Crippen molar-refractivity contribution in [3.63, 3.8) is 0 Å². The van der Waals surface area contributed by atoms with Crippen molar-refractivity contribution in [3.8, 4) is 0 Å². The third kappa shape index (κ3) is 2.33. The quantitative estimate of drug-likeness (QED) is 0.831. The van der Waals surface area contributed by atoms with Crippen molar-refractivity contribution in [2.24, 2.45) is 11.8 Å². The molecule has 1 aromatic heterocycles. The van der Waals surface area contributed by atoms with Gasteiger partial charge in [-0.25, -0.2) is 0 Å². The van der Waals surface area contributed by atoms with Crippen molar-refractivity contribution in [1.82, 2.24) is 4.98 Å². The third-order valence-electron chi connectivity index (χ3n) is 4.38.